The van der Waals surface area contributed by atoms with Gasteiger partial charge in [-0.25, -0.2) is 4.98 Å². The third kappa shape index (κ3) is 3.36. The number of aromatic nitrogens is 2. The number of nitrogens with zero attached hydrogens (tertiary/aromatic N) is 2. The Kier molecular flexibility index (Phi) is 4.15. The molecule has 1 saturated carbocycles. The maximum absolute atomic E-state index is 9.78. The maximum Gasteiger partial charge on any atom is 0.150 e. The summed E-state index contributed by atoms with van der Waals surface area (Å²) in [5.74, 6) is 1.02. The molecule has 0 saturated heterocycles. The van der Waals surface area contributed by atoms with Crippen molar-refractivity contribution in [3.8, 4) is 10.7 Å². The van der Waals surface area contributed by atoms with Crippen LogP contribution in [-0.2, 0) is 0 Å². The van der Waals surface area contributed by atoms with Gasteiger partial charge in [0.05, 0.1) is 11.5 Å². The van der Waals surface area contributed by atoms with Crippen LogP contribution in [0.2, 0.25) is 0 Å². The van der Waals surface area contributed by atoms with Crippen LogP contribution in [0.15, 0.2) is 29.9 Å². The summed E-state index contributed by atoms with van der Waals surface area (Å²) in [6, 6.07) is 5.03. The highest BCUT2D eigenvalue weighted by Gasteiger charge is 2.33. The molecule has 1 fully saturated rings. The summed E-state index contributed by atoms with van der Waals surface area (Å²) in [7, 11) is 0. The Bertz CT molecular complexity index is 576. The minimum Gasteiger partial charge on any atom is -0.394 e. The van der Waals surface area contributed by atoms with Gasteiger partial charge in [-0.15, -0.1) is 11.3 Å². The Balaban J connectivity index is 1.76. The van der Waals surface area contributed by atoms with E-state index in [0.717, 1.165) is 12.2 Å². The minimum atomic E-state index is -0.225. The molecule has 0 radical (unpaired) electrons. The fraction of sp³-hybridized carbons (Fsp3) is 0.562. The van der Waals surface area contributed by atoms with Crippen LogP contribution < -0.4 is 5.32 Å². The largest absolute Gasteiger partial charge is 0.394 e. The molecule has 3 rings (SSSR count). The third-order valence-corrected chi connectivity index (χ3v) is 4.98. The Morgan fingerprint density at radius 3 is 3.00 bits per heavy atom. The summed E-state index contributed by atoms with van der Waals surface area (Å²) in [6.07, 6.45) is 7.24. The normalized spacial score (nSPS) is 19.4. The number of aliphatic hydroxyl groups is 1. The van der Waals surface area contributed by atoms with E-state index in [0.29, 0.717) is 6.04 Å². The van der Waals surface area contributed by atoms with Gasteiger partial charge in [-0.3, -0.25) is 0 Å². The lowest BCUT2D eigenvalue weighted by Crippen LogP contribution is -2.48. The lowest BCUT2D eigenvalue weighted by molar-refractivity contribution is 0.149. The SMILES string of the molecule is CC(CC(C)(CO)NC1CC1)n1ccnc1-c1cccs1. The van der Waals surface area contributed by atoms with Crippen molar-refractivity contribution in [1.29, 1.82) is 0 Å². The van der Waals surface area contributed by atoms with Gasteiger partial charge < -0.3 is 15.0 Å². The first-order valence-electron chi connectivity index (χ1n) is 7.56. The van der Waals surface area contributed by atoms with E-state index in [9.17, 15) is 5.11 Å². The summed E-state index contributed by atoms with van der Waals surface area (Å²) >= 11 is 1.71. The molecule has 0 bridgehead atoms. The van der Waals surface area contributed by atoms with Gasteiger partial charge in [0.15, 0.2) is 0 Å². The Hall–Kier alpha value is -1.17. The van der Waals surface area contributed by atoms with Gasteiger partial charge in [0.1, 0.15) is 5.82 Å². The van der Waals surface area contributed by atoms with Crippen LogP contribution in [0.4, 0.5) is 0 Å². The topological polar surface area (TPSA) is 50.1 Å². The van der Waals surface area contributed by atoms with E-state index >= 15 is 0 Å². The van der Waals surface area contributed by atoms with Gasteiger partial charge in [0.25, 0.3) is 0 Å². The number of thiophene rings is 1. The van der Waals surface area contributed by atoms with E-state index in [2.05, 4.69) is 46.2 Å². The molecule has 0 amide bonds. The molecule has 0 aromatic carbocycles. The molecule has 2 N–H and O–H groups in total. The molecular weight excluding hydrogens is 282 g/mol. The van der Waals surface area contributed by atoms with Crippen molar-refractivity contribution in [2.24, 2.45) is 0 Å². The van der Waals surface area contributed by atoms with Crippen LogP contribution in [0.3, 0.4) is 0 Å². The number of nitrogens with one attached hydrogen (secondary N) is 1. The zero-order valence-corrected chi connectivity index (χ0v) is 13.4. The number of rotatable bonds is 7. The molecule has 2 aromatic heterocycles. The predicted molar refractivity (Wildman–Crippen MR) is 86.5 cm³/mol. The number of imidazole rings is 1. The second kappa shape index (κ2) is 5.91. The molecule has 2 heterocycles. The van der Waals surface area contributed by atoms with Crippen LogP contribution in [-0.4, -0.2) is 32.8 Å². The van der Waals surface area contributed by atoms with Gasteiger partial charge in [0, 0.05) is 30.0 Å². The molecule has 4 nitrogen and oxygen atoms in total. The number of hydrogen-bond acceptors (Lipinski definition) is 4. The number of aliphatic hydroxyl groups excluding tert-OH is 1. The molecule has 21 heavy (non-hydrogen) atoms. The average Bonchev–Trinajstić information content (AvgIpc) is 2.99. The molecule has 0 spiro atoms. The Morgan fingerprint density at radius 1 is 1.57 bits per heavy atom. The first-order chi connectivity index (χ1) is 10.1. The Labute approximate surface area is 129 Å². The highest BCUT2D eigenvalue weighted by molar-refractivity contribution is 7.13. The highest BCUT2D eigenvalue weighted by Crippen LogP contribution is 2.31. The predicted octanol–water partition coefficient (Wildman–Crippen LogP) is 3.07. The van der Waals surface area contributed by atoms with E-state index in [1.807, 2.05) is 12.4 Å². The second-order valence-electron chi connectivity index (χ2n) is 6.33. The second-order valence-corrected chi connectivity index (χ2v) is 7.27. The summed E-state index contributed by atoms with van der Waals surface area (Å²) in [5.41, 5.74) is -0.225. The van der Waals surface area contributed by atoms with Gasteiger partial charge >= 0.3 is 0 Å². The molecule has 114 valence electrons. The molecule has 2 atom stereocenters. The van der Waals surface area contributed by atoms with Gasteiger partial charge in [-0.05, 0) is 44.6 Å². The van der Waals surface area contributed by atoms with E-state index < -0.39 is 0 Å². The van der Waals surface area contributed by atoms with Gasteiger partial charge in [-0.2, -0.15) is 0 Å². The van der Waals surface area contributed by atoms with Crippen molar-refractivity contribution in [2.45, 2.75) is 50.7 Å². The van der Waals surface area contributed by atoms with Crippen LogP contribution in [0.1, 0.15) is 39.2 Å². The van der Waals surface area contributed by atoms with Gasteiger partial charge in [-0.1, -0.05) is 6.07 Å². The zero-order chi connectivity index (χ0) is 14.9. The first kappa shape index (κ1) is 14.8. The molecule has 1 aliphatic carbocycles. The zero-order valence-electron chi connectivity index (χ0n) is 12.6. The van der Waals surface area contributed by atoms with Crippen molar-refractivity contribution in [1.82, 2.24) is 14.9 Å². The molecular formula is C16H23N3OS. The average molecular weight is 305 g/mol. The first-order valence-corrected chi connectivity index (χ1v) is 8.44. The monoisotopic (exact) mass is 305 g/mol. The summed E-state index contributed by atoms with van der Waals surface area (Å²) in [5, 5.41) is 15.4. The molecule has 0 aliphatic heterocycles. The van der Waals surface area contributed by atoms with E-state index in [-0.39, 0.29) is 18.2 Å². The van der Waals surface area contributed by atoms with E-state index in [4.69, 9.17) is 0 Å². The minimum absolute atomic E-state index is 0.164. The van der Waals surface area contributed by atoms with E-state index in [1.54, 1.807) is 11.3 Å². The van der Waals surface area contributed by atoms with Crippen molar-refractivity contribution < 1.29 is 5.11 Å². The van der Waals surface area contributed by atoms with Gasteiger partial charge in [0.2, 0.25) is 0 Å². The lowest BCUT2D eigenvalue weighted by Gasteiger charge is -2.32. The van der Waals surface area contributed by atoms with Crippen molar-refractivity contribution in [3.05, 3.63) is 29.9 Å². The van der Waals surface area contributed by atoms with Crippen LogP contribution >= 0.6 is 11.3 Å². The van der Waals surface area contributed by atoms with Crippen molar-refractivity contribution >= 4 is 11.3 Å². The maximum atomic E-state index is 9.78. The standard InChI is InChI=1S/C16H23N3OS/c1-12(10-16(2,11-20)18-13-5-6-13)19-8-7-17-15(19)14-4-3-9-21-14/h3-4,7-9,12-13,18,20H,5-6,10-11H2,1-2H3. The lowest BCUT2D eigenvalue weighted by atomic mass is 9.94. The summed E-state index contributed by atoms with van der Waals surface area (Å²) < 4.78 is 2.22. The van der Waals surface area contributed by atoms with Crippen molar-refractivity contribution in [2.75, 3.05) is 6.61 Å². The van der Waals surface area contributed by atoms with Crippen LogP contribution in [0, 0.1) is 0 Å². The van der Waals surface area contributed by atoms with Crippen LogP contribution in [0.5, 0.6) is 0 Å². The van der Waals surface area contributed by atoms with Crippen molar-refractivity contribution in [3.63, 3.8) is 0 Å². The Morgan fingerprint density at radius 2 is 2.38 bits per heavy atom. The molecule has 2 aromatic rings. The van der Waals surface area contributed by atoms with Crippen LogP contribution in [0.25, 0.3) is 10.7 Å². The molecule has 2 unspecified atom stereocenters. The smallest absolute Gasteiger partial charge is 0.150 e. The fourth-order valence-corrected chi connectivity index (χ4v) is 3.63. The fourth-order valence-electron chi connectivity index (χ4n) is 2.91. The summed E-state index contributed by atoms with van der Waals surface area (Å²) in [4.78, 5) is 5.69. The number of hydrogen-bond donors (Lipinski definition) is 2. The third-order valence-electron chi connectivity index (χ3n) is 4.11. The summed E-state index contributed by atoms with van der Waals surface area (Å²) in [6.45, 7) is 4.47. The highest BCUT2D eigenvalue weighted by atomic mass is 32.1. The molecule has 1 aliphatic rings. The van der Waals surface area contributed by atoms with E-state index in [1.165, 1.54) is 17.7 Å². The quantitative estimate of drug-likeness (QED) is 0.826. The molecule has 5 heteroatoms.